The topological polar surface area (TPSA) is 78.9 Å². The van der Waals surface area contributed by atoms with Crippen LogP contribution in [0.15, 0.2) is 23.4 Å². The van der Waals surface area contributed by atoms with Gasteiger partial charge in [0.05, 0.1) is 5.75 Å². The zero-order valence-electron chi connectivity index (χ0n) is 8.85. The number of aromatic amines is 1. The summed E-state index contributed by atoms with van der Waals surface area (Å²) >= 11 is 0.955. The van der Waals surface area contributed by atoms with E-state index in [-0.39, 0.29) is 11.6 Å². The van der Waals surface area contributed by atoms with Gasteiger partial charge in [-0.05, 0) is 18.2 Å². The predicted molar refractivity (Wildman–Crippen MR) is 60.1 cm³/mol. The number of carboxylic acid groups (broad SMARTS) is 1. The lowest BCUT2D eigenvalue weighted by atomic mass is 10.2. The summed E-state index contributed by atoms with van der Waals surface area (Å²) < 4.78 is 25.7. The van der Waals surface area contributed by atoms with Gasteiger partial charge >= 0.3 is 5.97 Å². The molecular formula is C10H7F2N3O2S. The third-order valence-corrected chi connectivity index (χ3v) is 2.84. The molecule has 0 aliphatic heterocycles. The Kier molecular flexibility index (Phi) is 3.56. The average molecular weight is 271 g/mol. The summed E-state index contributed by atoms with van der Waals surface area (Å²) in [5, 5.41) is 16.2. The minimum Gasteiger partial charge on any atom is -0.481 e. The Morgan fingerprint density at radius 3 is 2.78 bits per heavy atom. The first-order chi connectivity index (χ1) is 8.56. The van der Waals surface area contributed by atoms with Crippen molar-refractivity contribution in [2.24, 2.45) is 0 Å². The van der Waals surface area contributed by atoms with E-state index in [1.165, 1.54) is 6.07 Å². The van der Waals surface area contributed by atoms with Crippen LogP contribution >= 0.6 is 11.8 Å². The van der Waals surface area contributed by atoms with E-state index in [1.807, 2.05) is 0 Å². The van der Waals surface area contributed by atoms with Crippen molar-refractivity contribution in [1.29, 1.82) is 0 Å². The Hall–Kier alpha value is -1.96. The van der Waals surface area contributed by atoms with Gasteiger partial charge in [0.2, 0.25) is 0 Å². The molecule has 0 saturated carbocycles. The molecule has 2 aromatic rings. The molecule has 1 aromatic heterocycles. The maximum absolute atomic E-state index is 13.0. The zero-order valence-corrected chi connectivity index (χ0v) is 9.67. The number of benzene rings is 1. The van der Waals surface area contributed by atoms with Crippen LogP contribution in [0, 0.1) is 11.6 Å². The van der Waals surface area contributed by atoms with Gasteiger partial charge in [-0.25, -0.2) is 8.78 Å². The highest BCUT2D eigenvalue weighted by molar-refractivity contribution is 7.99. The van der Waals surface area contributed by atoms with E-state index in [0.717, 1.165) is 23.9 Å². The molecule has 0 unspecified atom stereocenters. The highest BCUT2D eigenvalue weighted by Gasteiger charge is 2.10. The molecule has 0 saturated heterocycles. The molecule has 1 heterocycles. The molecule has 1 aromatic carbocycles. The third kappa shape index (κ3) is 2.83. The summed E-state index contributed by atoms with van der Waals surface area (Å²) in [6.07, 6.45) is 0. The number of hydrogen-bond donors (Lipinski definition) is 2. The van der Waals surface area contributed by atoms with Gasteiger partial charge in [0.1, 0.15) is 0 Å². The number of halogens is 2. The van der Waals surface area contributed by atoms with E-state index in [0.29, 0.717) is 10.7 Å². The van der Waals surface area contributed by atoms with Crippen molar-refractivity contribution >= 4 is 17.7 Å². The van der Waals surface area contributed by atoms with Gasteiger partial charge in [-0.1, -0.05) is 11.8 Å². The minimum atomic E-state index is -0.983. The van der Waals surface area contributed by atoms with Crippen LogP contribution in [0.5, 0.6) is 0 Å². The molecule has 5 nitrogen and oxygen atoms in total. The number of thioether (sulfide) groups is 1. The van der Waals surface area contributed by atoms with Crippen molar-refractivity contribution in [3.05, 3.63) is 29.8 Å². The second-order valence-corrected chi connectivity index (χ2v) is 4.25. The number of carboxylic acids is 1. The Labute approximate surface area is 104 Å². The van der Waals surface area contributed by atoms with Crippen LogP contribution in [0.3, 0.4) is 0 Å². The number of aromatic nitrogens is 3. The fourth-order valence-electron chi connectivity index (χ4n) is 1.22. The SMILES string of the molecule is O=C(O)CSc1nnc(-c2ccc(F)c(F)c2)[nH]1. The van der Waals surface area contributed by atoms with E-state index < -0.39 is 17.6 Å². The van der Waals surface area contributed by atoms with Crippen molar-refractivity contribution < 1.29 is 18.7 Å². The molecule has 0 aliphatic rings. The van der Waals surface area contributed by atoms with E-state index in [1.54, 1.807) is 0 Å². The van der Waals surface area contributed by atoms with Gasteiger partial charge in [-0.3, -0.25) is 4.79 Å². The lowest BCUT2D eigenvalue weighted by molar-refractivity contribution is -0.133. The highest BCUT2D eigenvalue weighted by atomic mass is 32.2. The lowest BCUT2D eigenvalue weighted by Crippen LogP contribution is -1.97. The average Bonchev–Trinajstić information content (AvgIpc) is 2.79. The molecule has 0 radical (unpaired) electrons. The van der Waals surface area contributed by atoms with Crippen molar-refractivity contribution in [2.45, 2.75) is 5.16 Å². The second kappa shape index (κ2) is 5.13. The summed E-state index contributed by atoms with van der Waals surface area (Å²) in [5.41, 5.74) is 0.337. The highest BCUT2D eigenvalue weighted by Crippen LogP contribution is 2.20. The van der Waals surface area contributed by atoms with Crippen LogP contribution in [0.4, 0.5) is 8.78 Å². The molecule has 0 aliphatic carbocycles. The molecule has 0 spiro atoms. The summed E-state index contributed by atoms with van der Waals surface area (Å²) in [7, 11) is 0. The third-order valence-electron chi connectivity index (χ3n) is 1.99. The second-order valence-electron chi connectivity index (χ2n) is 3.29. The van der Waals surface area contributed by atoms with Gasteiger partial charge in [-0.15, -0.1) is 10.2 Å². The van der Waals surface area contributed by atoms with Gasteiger partial charge in [-0.2, -0.15) is 0 Å². The standard InChI is InChI=1S/C10H7F2N3O2S/c11-6-2-1-5(3-7(6)12)9-13-10(15-14-9)18-4-8(16)17/h1-3H,4H2,(H,16,17)(H,13,14,15). The lowest BCUT2D eigenvalue weighted by Gasteiger charge is -1.97. The zero-order chi connectivity index (χ0) is 13.1. The maximum atomic E-state index is 13.0. The first kappa shape index (κ1) is 12.5. The molecule has 0 bridgehead atoms. The quantitative estimate of drug-likeness (QED) is 0.831. The number of rotatable bonds is 4. The van der Waals surface area contributed by atoms with Crippen LogP contribution in [0.1, 0.15) is 0 Å². The van der Waals surface area contributed by atoms with Crippen molar-refractivity contribution in [1.82, 2.24) is 15.2 Å². The number of nitrogens with one attached hydrogen (secondary N) is 1. The van der Waals surface area contributed by atoms with Gasteiger partial charge < -0.3 is 10.1 Å². The fourth-order valence-corrected chi connectivity index (χ4v) is 1.74. The molecule has 8 heteroatoms. The van der Waals surface area contributed by atoms with Gasteiger partial charge in [0.15, 0.2) is 22.6 Å². The summed E-state index contributed by atoms with van der Waals surface area (Å²) in [6.45, 7) is 0. The van der Waals surface area contributed by atoms with E-state index in [9.17, 15) is 13.6 Å². The first-order valence-corrected chi connectivity index (χ1v) is 5.77. The Morgan fingerprint density at radius 1 is 1.33 bits per heavy atom. The molecule has 2 rings (SSSR count). The van der Waals surface area contributed by atoms with Crippen molar-refractivity contribution in [2.75, 3.05) is 5.75 Å². The van der Waals surface area contributed by atoms with Crippen LogP contribution in [-0.2, 0) is 4.79 Å². The summed E-state index contributed by atoms with van der Waals surface area (Å²) in [6, 6.07) is 3.32. The van der Waals surface area contributed by atoms with E-state index in [4.69, 9.17) is 5.11 Å². The molecule has 0 fully saturated rings. The van der Waals surface area contributed by atoms with Crippen LogP contribution in [-0.4, -0.2) is 32.0 Å². The summed E-state index contributed by atoms with van der Waals surface area (Å²) in [4.78, 5) is 13.1. The molecule has 0 atom stereocenters. The van der Waals surface area contributed by atoms with E-state index >= 15 is 0 Å². The minimum absolute atomic E-state index is 0.160. The molecule has 94 valence electrons. The normalized spacial score (nSPS) is 10.6. The Balaban J connectivity index is 2.18. The maximum Gasteiger partial charge on any atom is 0.313 e. The molecular weight excluding hydrogens is 264 g/mol. The molecule has 18 heavy (non-hydrogen) atoms. The Bertz CT molecular complexity index is 588. The van der Waals surface area contributed by atoms with Crippen LogP contribution in [0.25, 0.3) is 11.4 Å². The van der Waals surface area contributed by atoms with Gasteiger partial charge in [0, 0.05) is 5.56 Å². The number of nitrogens with zero attached hydrogens (tertiary/aromatic N) is 2. The number of carbonyl (C=O) groups is 1. The summed E-state index contributed by atoms with van der Waals surface area (Å²) in [5.74, 6) is -2.82. The number of H-pyrrole nitrogens is 1. The molecule has 2 N–H and O–H groups in total. The smallest absolute Gasteiger partial charge is 0.313 e. The Morgan fingerprint density at radius 2 is 2.11 bits per heavy atom. The van der Waals surface area contributed by atoms with E-state index in [2.05, 4.69) is 15.2 Å². The monoisotopic (exact) mass is 271 g/mol. The van der Waals surface area contributed by atoms with Crippen molar-refractivity contribution in [3.8, 4) is 11.4 Å². The fraction of sp³-hybridized carbons (Fsp3) is 0.100. The molecule has 0 amide bonds. The van der Waals surface area contributed by atoms with Crippen molar-refractivity contribution in [3.63, 3.8) is 0 Å². The predicted octanol–water partition coefficient (Wildman–Crippen LogP) is 1.93. The number of aliphatic carboxylic acids is 1. The van der Waals surface area contributed by atoms with Crippen LogP contribution in [0.2, 0.25) is 0 Å². The van der Waals surface area contributed by atoms with Gasteiger partial charge in [0.25, 0.3) is 0 Å². The van der Waals surface area contributed by atoms with Crippen LogP contribution < -0.4 is 0 Å². The first-order valence-electron chi connectivity index (χ1n) is 4.79. The largest absolute Gasteiger partial charge is 0.481 e. The number of hydrogen-bond acceptors (Lipinski definition) is 4.